The van der Waals surface area contributed by atoms with Crippen LogP contribution in [0, 0.1) is 17.6 Å². The Morgan fingerprint density at radius 3 is 2.76 bits per heavy atom. The Morgan fingerprint density at radius 2 is 2.24 bits per heavy atom. The van der Waals surface area contributed by atoms with Crippen molar-refractivity contribution < 1.29 is 13.5 Å². The summed E-state index contributed by atoms with van der Waals surface area (Å²) >= 11 is 0. The molecule has 0 spiro atoms. The van der Waals surface area contributed by atoms with Crippen LogP contribution in [0.2, 0.25) is 0 Å². The van der Waals surface area contributed by atoms with Gasteiger partial charge in [-0.3, -0.25) is 11.3 Å². The maximum atomic E-state index is 13.7. The van der Waals surface area contributed by atoms with Gasteiger partial charge in [0.15, 0.2) is 0 Å². The maximum Gasteiger partial charge on any atom is 0.130 e. The number of ether oxygens (including phenoxy) is 1. The summed E-state index contributed by atoms with van der Waals surface area (Å²) in [4.78, 5) is 0. The third kappa shape index (κ3) is 2.46. The molecule has 3 atom stereocenters. The summed E-state index contributed by atoms with van der Waals surface area (Å²) in [7, 11) is 0. The smallest absolute Gasteiger partial charge is 0.130 e. The van der Waals surface area contributed by atoms with Crippen LogP contribution in [0.3, 0.4) is 0 Å². The Labute approximate surface area is 98.9 Å². The molecule has 3 nitrogen and oxygen atoms in total. The number of rotatable bonds is 3. The molecule has 0 radical (unpaired) electrons. The van der Waals surface area contributed by atoms with Crippen molar-refractivity contribution in [2.24, 2.45) is 11.8 Å². The fraction of sp³-hybridized carbons (Fsp3) is 0.500. The number of hydrazine groups is 1. The van der Waals surface area contributed by atoms with Gasteiger partial charge in [0.1, 0.15) is 11.6 Å². The van der Waals surface area contributed by atoms with Crippen LogP contribution in [-0.4, -0.2) is 12.7 Å². The van der Waals surface area contributed by atoms with Gasteiger partial charge in [-0.15, -0.1) is 0 Å². The molecular weight excluding hydrogens is 226 g/mol. The Morgan fingerprint density at radius 1 is 1.47 bits per heavy atom. The molecule has 1 saturated heterocycles. The molecule has 5 heteroatoms. The fourth-order valence-corrected chi connectivity index (χ4v) is 2.38. The van der Waals surface area contributed by atoms with Crippen LogP contribution in [0.25, 0.3) is 0 Å². The Hall–Kier alpha value is -1.04. The largest absolute Gasteiger partial charge is 0.378 e. The Bertz CT molecular complexity index is 400. The van der Waals surface area contributed by atoms with Crippen LogP contribution < -0.4 is 11.3 Å². The zero-order valence-corrected chi connectivity index (χ0v) is 9.62. The molecule has 1 aliphatic rings. The SMILES string of the molecule is CC1OCCC1C(NN)c1ccc(F)cc1F. The number of benzene rings is 1. The molecule has 0 aromatic heterocycles. The molecule has 0 saturated carbocycles. The number of hydrogen-bond donors (Lipinski definition) is 2. The highest BCUT2D eigenvalue weighted by atomic mass is 19.1. The predicted molar refractivity (Wildman–Crippen MR) is 59.9 cm³/mol. The maximum absolute atomic E-state index is 13.7. The van der Waals surface area contributed by atoms with Gasteiger partial charge in [0, 0.05) is 24.2 Å². The standard InChI is InChI=1S/C12H16F2N2O/c1-7-9(4-5-17-7)12(16-15)10-3-2-8(13)6-11(10)14/h2-3,6-7,9,12,16H,4-5,15H2,1H3. The zero-order valence-electron chi connectivity index (χ0n) is 9.62. The average Bonchev–Trinajstić information content (AvgIpc) is 2.69. The third-order valence-electron chi connectivity index (χ3n) is 3.34. The van der Waals surface area contributed by atoms with Crippen LogP contribution >= 0.6 is 0 Å². The highest BCUT2D eigenvalue weighted by Crippen LogP contribution is 2.33. The lowest BCUT2D eigenvalue weighted by Gasteiger charge is -2.25. The minimum Gasteiger partial charge on any atom is -0.378 e. The van der Waals surface area contributed by atoms with Crippen molar-refractivity contribution in [3.05, 3.63) is 35.4 Å². The minimum absolute atomic E-state index is 0.0144. The number of nitrogens with one attached hydrogen (secondary N) is 1. The predicted octanol–water partition coefficient (Wildman–Crippen LogP) is 1.89. The van der Waals surface area contributed by atoms with Crippen molar-refractivity contribution in [1.82, 2.24) is 5.43 Å². The van der Waals surface area contributed by atoms with E-state index in [2.05, 4.69) is 5.43 Å². The lowest BCUT2D eigenvalue weighted by molar-refractivity contribution is 0.0949. The van der Waals surface area contributed by atoms with E-state index in [-0.39, 0.29) is 18.1 Å². The molecule has 1 fully saturated rings. The summed E-state index contributed by atoms with van der Waals surface area (Å²) in [5, 5.41) is 0. The van der Waals surface area contributed by atoms with E-state index in [4.69, 9.17) is 10.6 Å². The second-order valence-electron chi connectivity index (χ2n) is 4.34. The first kappa shape index (κ1) is 12.4. The lowest BCUT2D eigenvalue weighted by Crippen LogP contribution is -2.36. The van der Waals surface area contributed by atoms with E-state index in [0.717, 1.165) is 12.5 Å². The van der Waals surface area contributed by atoms with Gasteiger partial charge in [0.2, 0.25) is 0 Å². The molecular formula is C12H16F2N2O. The molecule has 3 unspecified atom stereocenters. The van der Waals surface area contributed by atoms with Crippen LogP contribution in [0.5, 0.6) is 0 Å². The summed E-state index contributed by atoms with van der Waals surface area (Å²) in [6, 6.07) is 3.19. The minimum atomic E-state index is -0.585. The first-order valence-electron chi connectivity index (χ1n) is 5.66. The number of nitrogens with two attached hydrogens (primary N) is 1. The fourth-order valence-electron chi connectivity index (χ4n) is 2.38. The van der Waals surface area contributed by atoms with E-state index in [9.17, 15) is 8.78 Å². The van der Waals surface area contributed by atoms with Gasteiger partial charge in [0.05, 0.1) is 12.1 Å². The van der Waals surface area contributed by atoms with E-state index in [1.807, 2.05) is 6.92 Å². The topological polar surface area (TPSA) is 47.3 Å². The van der Waals surface area contributed by atoms with E-state index >= 15 is 0 Å². The molecule has 1 aromatic rings. The zero-order chi connectivity index (χ0) is 12.4. The van der Waals surface area contributed by atoms with Crippen LogP contribution in [0.15, 0.2) is 18.2 Å². The van der Waals surface area contributed by atoms with Gasteiger partial charge in [-0.1, -0.05) is 6.07 Å². The number of hydrogen-bond acceptors (Lipinski definition) is 3. The second-order valence-corrected chi connectivity index (χ2v) is 4.34. The summed E-state index contributed by atoms with van der Waals surface area (Å²) in [6.45, 7) is 2.58. The Kier molecular flexibility index (Phi) is 3.71. The van der Waals surface area contributed by atoms with E-state index in [1.165, 1.54) is 12.1 Å². The third-order valence-corrected chi connectivity index (χ3v) is 3.34. The molecule has 1 aliphatic heterocycles. The van der Waals surface area contributed by atoms with Gasteiger partial charge >= 0.3 is 0 Å². The van der Waals surface area contributed by atoms with Gasteiger partial charge in [-0.05, 0) is 19.4 Å². The quantitative estimate of drug-likeness (QED) is 0.628. The monoisotopic (exact) mass is 242 g/mol. The molecule has 0 amide bonds. The molecule has 3 N–H and O–H groups in total. The first-order valence-corrected chi connectivity index (χ1v) is 5.66. The molecule has 94 valence electrons. The van der Waals surface area contributed by atoms with Crippen LogP contribution in [0.1, 0.15) is 24.9 Å². The van der Waals surface area contributed by atoms with Gasteiger partial charge < -0.3 is 4.74 Å². The normalized spacial score (nSPS) is 26.1. The van der Waals surface area contributed by atoms with Crippen LogP contribution in [0.4, 0.5) is 8.78 Å². The summed E-state index contributed by atoms with van der Waals surface area (Å²) in [6.07, 6.45) is 0.827. The highest BCUT2D eigenvalue weighted by Gasteiger charge is 2.33. The van der Waals surface area contributed by atoms with Crippen molar-refractivity contribution in [3.8, 4) is 0 Å². The van der Waals surface area contributed by atoms with Crippen molar-refractivity contribution >= 4 is 0 Å². The molecule has 0 aliphatic carbocycles. The van der Waals surface area contributed by atoms with E-state index in [0.29, 0.717) is 12.2 Å². The van der Waals surface area contributed by atoms with Crippen molar-refractivity contribution in [1.29, 1.82) is 0 Å². The van der Waals surface area contributed by atoms with Gasteiger partial charge in [-0.25, -0.2) is 8.78 Å². The molecule has 17 heavy (non-hydrogen) atoms. The van der Waals surface area contributed by atoms with E-state index in [1.54, 1.807) is 0 Å². The summed E-state index contributed by atoms with van der Waals surface area (Å²) in [5.74, 6) is 4.42. The van der Waals surface area contributed by atoms with E-state index < -0.39 is 11.6 Å². The molecule has 0 bridgehead atoms. The average molecular weight is 242 g/mol. The first-order chi connectivity index (χ1) is 8.13. The highest BCUT2D eigenvalue weighted by molar-refractivity contribution is 5.23. The van der Waals surface area contributed by atoms with Gasteiger partial charge in [0.25, 0.3) is 0 Å². The van der Waals surface area contributed by atoms with Crippen molar-refractivity contribution in [2.45, 2.75) is 25.5 Å². The molecule has 1 aromatic carbocycles. The van der Waals surface area contributed by atoms with Crippen molar-refractivity contribution in [2.75, 3.05) is 6.61 Å². The Balaban J connectivity index is 2.28. The molecule has 1 heterocycles. The van der Waals surface area contributed by atoms with Crippen LogP contribution in [-0.2, 0) is 4.74 Å². The molecule has 2 rings (SSSR count). The summed E-state index contributed by atoms with van der Waals surface area (Å²) in [5.41, 5.74) is 2.99. The summed E-state index contributed by atoms with van der Waals surface area (Å²) < 4.78 is 32.0. The van der Waals surface area contributed by atoms with Gasteiger partial charge in [-0.2, -0.15) is 0 Å². The van der Waals surface area contributed by atoms with Crippen molar-refractivity contribution in [3.63, 3.8) is 0 Å². The second kappa shape index (κ2) is 5.08. The lowest BCUT2D eigenvalue weighted by atomic mass is 9.88. The number of halogens is 2.